The number of aromatic amines is 1. The number of nitrogens with two attached hydrogens (primary N) is 1. The van der Waals surface area contributed by atoms with Crippen molar-refractivity contribution in [3.63, 3.8) is 0 Å². The molecule has 0 atom stereocenters. The number of carbonyl (C=O) groups is 1. The molecule has 2 amide bonds. The SMILES string of the molecule is NCCCOc1ccc(Cl)cc1NC(=O)Nc1c[n+](=O)c2cc(Cl)ccc2[nH]1. The highest BCUT2D eigenvalue weighted by Crippen LogP contribution is 2.28. The fraction of sp³-hybridized carbons (Fsp3) is 0.167. The van der Waals surface area contributed by atoms with E-state index in [0.29, 0.717) is 56.5 Å². The molecule has 0 saturated heterocycles. The number of hydrogen-bond acceptors (Lipinski definition) is 4. The van der Waals surface area contributed by atoms with Crippen LogP contribution in [-0.2, 0) is 0 Å². The Bertz CT molecular complexity index is 1070. The minimum absolute atomic E-state index is 0.204. The van der Waals surface area contributed by atoms with Crippen LogP contribution < -0.4 is 25.5 Å². The Labute approximate surface area is 170 Å². The number of aromatic nitrogens is 2. The molecule has 8 nitrogen and oxygen atoms in total. The molecule has 0 spiro atoms. The Balaban J connectivity index is 1.77. The maximum atomic E-state index is 12.4. The lowest BCUT2D eigenvalue weighted by Gasteiger charge is -2.13. The molecule has 1 aromatic heterocycles. The second kappa shape index (κ2) is 8.92. The van der Waals surface area contributed by atoms with Crippen LogP contribution in [0.4, 0.5) is 16.3 Å². The molecule has 3 aromatic rings. The molecule has 3 rings (SSSR count). The average molecular weight is 423 g/mol. The van der Waals surface area contributed by atoms with Crippen LogP contribution in [0.3, 0.4) is 0 Å². The lowest BCUT2D eigenvalue weighted by atomic mass is 10.3. The van der Waals surface area contributed by atoms with Crippen molar-refractivity contribution >= 4 is 51.8 Å². The summed E-state index contributed by atoms with van der Waals surface area (Å²) < 4.78 is 6.24. The maximum Gasteiger partial charge on any atom is 0.325 e. The molecule has 0 fully saturated rings. The van der Waals surface area contributed by atoms with Gasteiger partial charge in [-0.05, 0) is 43.3 Å². The lowest BCUT2D eigenvalue weighted by Crippen LogP contribution is -2.24. The first-order valence-corrected chi connectivity index (χ1v) is 9.17. The Morgan fingerprint density at radius 3 is 2.68 bits per heavy atom. The molecule has 5 N–H and O–H groups in total. The van der Waals surface area contributed by atoms with Crippen LogP contribution in [-0.4, -0.2) is 24.2 Å². The number of anilines is 2. The standard InChI is InChI=1S/C18H17Cl2N5O3/c19-11-3-5-16(28-7-1-6-21)14(8-11)23-18(26)24-17-10-25(27)15-9-12(20)2-4-13(15)22-17/h2-5,8-10H,1,6-7,21H2,(H2-,22,23,24,26,27)/p+1. The van der Waals surface area contributed by atoms with E-state index in [2.05, 4.69) is 15.6 Å². The topological polar surface area (TPSA) is 115 Å². The second-order valence-electron chi connectivity index (χ2n) is 5.87. The maximum absolute atomic E-state index is 12.4. The summed E-state index contributed by atoms with van der Waals surface area (Å²) in [7, 11) is 0. The quantitative estimate of drug-likeness (QED) is 0.357. The molecule has 1 heterocycles. The first-order chi connectivity index (χ1) is 13.5. The van der Waals surface area contributed by atoms with Crippen LogP contribution >= 0.6 is 23.2 Å². The third-order valence-corrected chi connectivity index (χ3v) is 4.23. The molecule has 10 heteroatoms. The van der Waals surface area contributed by atoms with Gasteiger partial charge in [0.1, 0.15) is 11.3 Å². The molecule has 0 bridgehead atoms. The number of amides is 2. The minimum Gasteiger partial charge on any atom is -0.491 e. The third-order valence-electron chi connectivity index (χ3n) is 3.76. The zero-order valence-electron chi connectivity index (χ0n) is 14.7. The summed E-state index contributed by atoms with van der Waals surface area (Å²) in [6.07, 6.45) is 1.88. The summed E-state index contributed by atoms with van der Waals surface area (Å²) in [6, 6.07) is 9.13. The Kier molecular flexibility index (Phi) is 6.35. The molecule has 0 aliphatic rings. The number of H-pyrrole nitrogens is 1. The summed E-state index contributed by atoms with van der Waals surface area (Å²) >= 11 is 11.9. The van der Waals surface area contributed by atoms with Crippen molar-refractivity contribution in [2.75, 3.05) is 23.8 Å². The Hall–Kier alpha value is -2.81. The smallest absolute Gasteiger partial charge is 0.325 e. The highest BCUT2D eigenvalue weighted by atomic mass is 35.5. The van der Waals surface area contributed by atoms with E-state index >= 15 is 0 Å². The van der Waals surface area contributed by atoms with Gasteiger partial charge in [-0.1, -0.05) is 23.2 Å². The van der Waals surface area contributed by atoms with E-state index in [4.69, 9.17) is 33.7 Å². The van der Waals surface area contributed by atoms with Gasteiger partial charge < -0.3 is 20.8 Å². The largest absolute Gasteiger partial charge is 0.491 e. The molecular formula is C18H18Cl2N5O3+. The van der Waals surface area contributed by atoms with E-state index in [9.17, 15) is 9.70 Å². The molecule has 0 saturated carbocycles. The van der Waals surface area contributed by atoms with E-state index < -0.39 is 6.03 Å². The fourth-order valence-electron chi connectivity index (χ4n) is 2.49. The summed E-state index contributed by atoms with van der Waals surface area (Å²) in [5.74, 6) is 0.666. The average Bonchev–Trinajstić information content (AvgIpc) is 2.64. The van der Waals surface area contributed by atoms with E-state index in [0.717, 1.165) is 0 Å². The van der Waals surface area contributed by atoms with Gasteiger partial charge in [-0.3, -0.25) is 5.32 Å². The number of nitrogens with zero attached hydrogens (tertiary/aromatic N) is 1. The van der Waals surface area contributed by atoms with Gasteiger partial charge >= 0.3 is 6.03 Å². The number of halogens is 2. The second-order valence-corrected chi connectivity index (χ2v) is 6.74. The highest BCUT2D eigenvalue weighted by Gasteiger charge is 2.14. The first-order valence-electron chi connectivity index (χ1n) is 8.41. The van der Waals surface area contributed by atoms with E-state index in [1.807, 2.05) is 0 Å². The van der Waals surface area contributed by atoms with Crippen molar-refractivity contribution in [3.8, 4) is 5.75 Å². The fourth-order valence-corrected chi connectivity index (χ4v) is 2.83. The number of ether oxygens (including phenoxy) is 1. The lowest BCUT2D eigenvalue weighted by molar-refractivity contribution is -0.463. The third kappa shape index (κ3) is 4.92. The predicted octanol–water partition coefficient (Wildman–Crippen LogP) is 3.76. The van der Waals surface area contributed by atoms with Crippen molar-refractivity contribution in [2.45, 2.75) is 6.42 Å². The summed E-state index contributed by atoms with van der Waals surface area (Å²) in [5.41, 5.74) is 6.73. The van der Waals surface area contributed by atoms with Gasteiger partial charge in [-0.25, -0.2) is 4.79 Å². The molecule has 2 aromatic carbocycles. The number of fused-ring (bicyclic) bond motifs is 1. The van der Waals surface area contributed by atoms with Crippen LogP contribution in [0.15, 0.2) is 42.6 Å². The number of carbonyl (C=O) groups excluding carboxylic acids is 1. The van der Waals surface area contributed by atoms with Gasteiger partial charge in [0.2, 0.25) is 0 Å². The summed E-state index contributed by atoms with van der Waals surface area (Å²) in [6.45, 7) is 0.903. The van der Waals surface area contributed by atoms with E-state index in [1.54, 1.807) is 30.3 Å². The number of hydrogen-bond donors (Lipinski definition) is 4. The van der Waals surface area contributed by atoms with Crippen molar-refractivity contribution < 1.29 is 14.0 Å². The van der Waals surface area contributed by atoms with Crippen LogP contribution in [0.2, 0.25) is 10.0 Å². The van der Waals surface area contributed by atoms with Gasteiger partial charge in [0.15, 0.2) is 5.82 Å². The first kappa shape index (κ1) is 19.9. The highest BCUT2D eigenvalue weighted by molar-refractivity contribution is 6.31. The number of benzene rings is 2. The summed E-state index contributed by atoms with van der Waals surface area (Å²) in [5, 5.41) is 6.11. The normalized spacial score (nSPS) is 10.7. The molecule has 0 aliphatic carbocycles. The van der Waals surface area contributed by atoms with Crippen LogP contribution in [0.1, 0.15) is 6.42 Å². The summed E-state index contributed by atoms with van der Waals surface area (Å²) in [4.78, 5) is 27.5. The van der Waals surface area contributed by atoms with E-state index in [-0.39, 0.29) is 5.82 Å². The van der Waals surface area contributed by atoms with E-state index in [1.165, 1.54) is 12.3 Å². The van der Waals surface area contributed by atoms with Gasteiger partial charge in [0, 0.05) is 21.0 Å². The zero-order chi connectivity index (χ0) is 20.1. The molecular weight excluding hydrogens is 405 g/mol. The zero-order valence-corrected chi connectivity index (χ0v) is 16.2. The van der Waals surface area contributed by atoms with Gasteiger partial charge in [-0.15, -0.1) is 0 Å². The van der Waals surface area contributed by atoms with Crippen molar-refractivity contribution in [2.24, 2.45) is 5.73 Å². The number of nitrogens with one attached hydrogen (secondary N) is 3. The van der Waals surface area contributed by atoms with Crippen LogP contribution in [0, 0.1) is 4.91 Å². The Morgan fingerprint density at radius 2 is 1.89 bits per heavy atom. The monoisotopic (exact) mass is 422 g/mol. The molecule has 146 valence electrons. The van der Waals surface area contributed by atoms with Crippen molar-refractivity contribution in [3.05, 3.63) is 57.5 Å². The van der Waals surface area contributed by atoms with Gasteiger partial charge in [-0.2, -0.15) is 0 Å². The van der Waals surface area contributed by atoms with Gasteiger partial charge in [0.25, 0.3) is 11.7 Å². The molecule has 0 aliphatic heterocycles. The predicted molar refractivity (Wildman–Crippen MR) is 110 cm³/mol. The van der Waals surface area contributed by atoms with Crippen molar-refractivity contribution in [1.82, 2.24) is 4.98 Å². The van der Waals surface area contributed by atoms with Crippen LogP contribution in [0.25, 0.3) is 11.0 Å². The molecule has 28 heavy (non-hydrogen) atoms. The number of rotatable bonds is 6. The molecule has 0 radical (unpaired) electrons. The number of urea groups is 1. The van der Waals surface area contributed by atoms with Crippen molar-refractivity contribution in [1.29, 1.82) is 0 Å². The minimum atomic E-state index is -0.574. The van der Waals surface area contributed by atoms with Crippen LogP contribution in [0.5, 0.6) is 5.75 Å². The Morgan fingerprint density at radius 1 is 1.14 bits per heavy atom. The molecule has 0 unspecified atom stereocenters. The van der Waals surface area contributed by atoms with Gasteiger partial charge in [0.05, 0.1) is 16.7 Å².